The van der Waals surface area contributed by atoms with Crippen LogP contribution in [0.3, 0.4) is 0 Å². The summed E-state index contributed by atoms with van der Waals surface area (Å²) in [5, 5.41) is 5.53. The molecule has 0 fully saturated rings. The molecule has 0 bridgehead atoms. The average Bonchev–Trinajstić information content (AvgIpc) is 2.61. The molecule has 1 heterocycles. The molecule has 0 amide bonds. The topological polar surface area (TPSA) is 71.1 Å². The van der Waals surface area contributed by atoms with E-state index in [4.69, 9.17) is 0 Å². The van der Waals surface area contributed by atoms with Gasteiger partial charge < -0.3 is 5.32 Å². The van der Waals surface area contributed by atoms with Crippen molar-refractivity contribution in [2.45, 2.75) is 39.7 Å². The lowest BCUT2D eigenvalue weighted by Crippen LogP contribution is -2.24. The van der Waals surface area contributed by atoms with E-state index >= 15 is 0 Å². The molecular formula is C11H21N3O2S2. The highest BCUT2D eigenvalue weighted by atomic mass is 32.2. The van der Waals surface area contributed by atoms with Gasteiger partial charge in [0.15, 0.2) is 5.13 Å². The van der Waals surface area contributed by atoms with Gasteiger partial charge >= 0.3 is 0 Å². The van der Waals surface area contributed by atoms with Crippen molar-refractivity contribution in [2.75, 3.05) is 17.0 Å². The van der Waals surface area contributed by atoms with Crippen LogP contribution in [-0.4, -0.2) is 31.7 Å². The van der Waals surface area contributed by atoms with Crippen molar-refractivity contribution in [2.24, 2.45) is 0 Å². The van der Waals surface area contributed by atoms with Gasteiger partial charge in [-0.25, -0.2) is 13.4 Å². The highest BCUT2D eigenvalue weighted by Gasteiger charge is 2.11. The third-order valence-corrected chi connectivity index (χ3v) is 4.59. The summed E-state index contributed by atoms with van der Waals surface area (Å²) in [6, 6.07) is 0.443. The minimum Gasteiger partial charge on any atom is -0.315 e. The van der Waals surface area contributed by atoms with E-state index in [0.29, 0.717) is 17.6 Å². The number of aromatic nitrogens is 1. The van der Waals surface area contributed by atoms with E-state index in [2.05, 4.69) is 28.9 Å². The zero-order valence-corrected chi connectivity index (χ0v) is 12.7. The summed E-state index contributed by atoms with van der Waals surface area (Å²) in [6.45, 7) is 6.83. The minimum absolute atomic E-state index is 0.144. The highest BCUT2D eigenvalue weighted by molar-refractivity contribution is 7.92. The Morgan fingerprint density at radius 1 is 1.39 bits per heavy atom. The van der Waals surface area contributed by atoms with E-state index in [1.54, 1.807) is 0 Å². The molecule has 7 heteroatoms. The first-order valence-electron chi connectivity index (χ1n) is 6.05. The van der Waals surface area contributed by atoms with Crippen LogP contribution in [0.4, 0.5) is 5.13 Å². The van der Waals surface area contributed by atoms with Crippen LogP contribution in [0.5, 0.6) is 0 Å². The Bertz CT molecular complexity index is 455. The van der Waals surface area contributed by atoms with Gasteiger partial charge in [-0.05, 0) is 26.3 Å². The number of hydrogen-bond acceptors (Lipinski definition) is 5. The van der Waals surface area contributed by atoms with Crippen LogP contribution >= 0.6 is 11.3 Å². The Morgan fingerprint density at radius 3 is 2.67 bits per heavy atom. The molecule has 5 nitrogen and oxygen atoms in total. The smallest absolute Gasteiger partial charge is 0.234 e. The molecule has 0 radical (unpaired) electrons. The number of sulfonamides is 1. The largest absolute Gasteiger partial charge is 0.315 e. The van der Waals surface area contributed by atoms with Crippen molar-refractivity contribution in [1.29, 1.82) is 0 Å². The second-order valence-corrected chi connectivity index (χ2v) is 7.23. The van der Waals surface area contributed by atoms with Crippen LogP contribution in [0.2, 0.25) is 0 Å². The summed E-state index contributed by atoms with van der Waals surface area (Å²) in [5.41, 5.74) is 0.832. The molecule has 0 saturated carbocycles. The zero-order chi connectivity index (χ0) is 13.6. The number of aryl methyl sites for hydroxylation is 1. The van der Waals surface area contributed by atoms with Crippen molar-refractivity contribution >= 4 is 26.5 Å². The molecule has 104 valence electrons. The first-order chi connectivity index (χ1) is 8.39. The Morgan fingerprint density at radius 2 is 2.11 bits per heavy atom. The summed E-state index contributed by atoms with van der Waals surface area (Å²) in [4.78, 5) is 4.08. The highest BCUT2D eigenvalue weighted by Crippen LogP contribution is 2.16. The number of nitrogens with one attached hydrogen (secondary N) is 2. The van der Waals surface area contributed by atoms with Gasteiger partial charge in [0.2, 0.25) is 10.0 Å². The van der Waals surface area contributed by atoms with Gasteiger partial charge in [0.25, 0.3) is 0 Å². The monoisotopic (exact) mass is 291 g/mol. The second kappa shape index (κ2) is 7.06. The fourth-order valence-corrected chi connectivity index (χ4v) is 3.50. The summed E-state index contributed by atoms with van der Waals surface area (Å²) >= 11 is 1.31. The van der Waals surface area contributed by atoms with Crippen LogP contribution in [-0.2, 0) is 10.0 Å². The molecule has 18 heavy (non-hydrogen) atoms. The lowest BCUT2D eigenvalue weighted by atomic mass is 10.3. The van der Waals surface area contributed by atoms with Crippen LogP contribution in [0.15, 0.2) is 5.38 Å². The summed E-state index contributed by atoms with van der Waals surface area (Å²) < 4.78 is 26.0. The minimum atomic E-state index is -3.25. The summed E-state index contributed by atoms with van der Waals surface area (Å²) in [6.07, 6.45) is 1.51. The van der Waals surface area contributed by atoms with Crippen LogP contribution < -0.4 is 10.0 Å². The predicted octanol–water partition coefficient (Wildman–Crippen LogP) is 1.97. The van der Waals surface area contributed by atoms with Gasteiger partial charge in [0.1, 0.15) is 0 Å². The SMILES string of the molecule is Cc1csc(NS(=O)(=O)CCCCNC(C)C)n1. The third kappa shape index (κ3) is 6.32. The summed E-state index contributed by atoms with van der Waals surface area (Å²) in [7, 11) is -3.25. The molecule has 0 aliphatic heterocycles. The maximum absolute atomic E-state index is 11.7. The van der Waals surface area contributed by atoms with E-state index in [0.717, 1.165) is 18.7 Å². The molecule has 0 saturated heterocycles. The molecule has 0 aromatic carbocycles. The van der Waals surface area contributed by atoms with Crippen LogP contribution in [0.25, 0.3) is 0 Å². The molecule has 1 rings (SSSR count). The van der Waals surface area contributed by atoms with E-state index in [-0.39, 0.29) is 5.75 Å². The lowest BCUT2D eigenvalue weighted by Gasteiger charge is -2.08. The number of unbranched alkanes of at least 4 members (excludes halogenated alkanes) is 1. The molecule has 0 spiro atoms. The van der Waals surface area contributed by atoms with Crippen molar-refractivity contribution < 1.29 is 8.42 Å². The number of anilines is 1. The molecule has 2 N–H and O–H groups in total. The molecule has 0 aliphatic carbocycles. The maximum Gasteiger partial charge on any atom is 0.234 e. The van der Waals surface area contributed by atoms with E-state index in [9.17, 15) is 8.42 Å². The first-order valence-corrected chi connectivity index (χ1v) is 8.58. The Balaban J connectivity index is 2.28. The standard InChI is InChI=1S/C11H21N3O2S2/c1-9(2)12-6-4-5-7-18(15,16)14-11-13-10(3)8-17-11/h8-9,12H,4-7H2,1-3H3,(H,13,14). The number of hydrogen-bond donors (Lipinski definition) is 2. The molecule has 0 unspecified atom stereocenters. The van der Waals surface area contributed by atoms with E-state index in [1.807, 2.05) is 12.3 Å². The van der Waals surface area contributed by atoms with Crippen LogP contribution in [0.1, 0.15) is 32.4 Å². The molecule has 0 atom stereocenters. The average molecular weight is 291 g/mol. The van der Waals surface area contributed by atoms with Gasteiger partial charge in [0, 0.05) is 11.4 Å². The van der Waals surface area contributed by atoms with Crippen molar-refractivity contribution in [3.63, 3.8) is 0 Å². The summed E-state index contributed by atoms with van der Waals surface area (Å²) in [5.74, 6) is 0.144. The number of nitrogens with zero attached hydrogens (tertiary/aromatic N) is 1. The third-order valence-electron chi connectivity index (χ3n) is 2.25. The fraction of sp³-hybridized carbons (Fsp3) is 0.727. The zero-order valence-electron chi connectivity index (χ0n) is 11.1. The molecular weight excluding hydrogens is 270 g/mol. The molecule has 1 aromatic heterocycles. The van der Waals surface area contributed by atoms with Gasteiger partial charge in [-0.15, -0.1) is 11.3 Å². The second-order valence-electron chi connectivity index (χ2n) is 4.53. The van der Waals surface area contributed by atoms with Crippen molar-refractivity contribution in [3.8, 4) is 0 Å². The maximum atomic E-state index is 11.7. The Hall–Kier alpha value is -0.660. The van der Waals surface area contributed by atoms with Crippen LogP contribution in [0, 0.1) is 6.92 Å². The quantitative estimate of drug-likeness (QED) is 0.718. The fourth-order valence-electron chi connectivity index (χ4n) is 1.39. The normalized spacial score (nSPS) is 12.0. The van der Waals surface area contributed by atoms with Crippen molar-refractivity contribution in [3.05, 3.63) is 11.1 Å². The van der Waals surface area contributed by atoms with Gasteiger partial charge in [0.05, 0.1) is 11.4 Å². The van der Waals surface area contributed by atoms with Gasteiger partial charge in [-0.3, -0.25) is 4.72 Å². The van der Waals surface area contributed by atoms with Gasteiger partial charge in [-0.2, -0.15) is 0 Å². The van der Waals surface area contributed by atoms with E-state index in [1.165, 1.54) is 11.3 Å². The van der Waals surface area contributed by atoms with Crippen molar-refractivity contribution in [1.82, 2.24) is 10.3 Å². The van der Waals surface area contributed by atoms with E-state index < -0.39 is 10.0 Å². The number of rotatable bonds is 8. The number of thiazole rings is 1. The Labute approximate surface area is 113 Å². The first kappa shape index (κ1) is 15.4. The van der Waals surface area contributed by atoms with Gasteiger partial charge in [-0.1, -0.05) is 13.8 Å². The predicted molar refractivity (Wildman–Crippen MR) is 76.6 cm³/mol. The lowest BCUT2D eigenvalue weighted by molar-refractivity contribution is 0.561. The molecule has 0 aliphatic rings. The Kier molecular flexibility index (Phi) is 6.04. The molecule has 1 aromatic rings.